The maximum atomic E-state index is 13.1. The van der Waals surface area contributed by atoms with Crippen molar-refractivity contribution in [3.8, 4) is 17.2 Å². The van der Waals surface area contributed by atoms with Gasteiger partial charge in [0.25, 0.3) is 11.7 Å². The molecule has 1 aliphatic heterocycles. The van der Waals surface area contributed by atoms with E-state index in [1.54, 1.807) is 51.3 Å². The quantitative estimate of drug-likeness (QED) is 0.359. The lowest BCUT2D eigenvalue weighted by molar-refractivity contribution is -0.140. The minimum atomic E-state index is -0.828. The number of carbonyl (C=O) groups is 2. The molecule has 1 saturated heterocycles. The lowest BCUT2D eigenvalue weighted by Crippen LogP contribution is -2.35. The number of aromatic hydroxyl groups is 1. The molecule has 8 heteroatoms. The molecule has 0 spiro atoms. The molecule has 1 heterocycles. The number of methoxy groups -OCH3 is 1. The van der Waals surface area contributed by atoms with Gasteiger partial charge in [0.2, 0.25) is 0 Å². The second-order valence-corrected chi connectivity index (χ2v) is 8.14. The molecule has 176 valence electrons. The highest BCUT2D eigenvalue weighted by Crippen LogP contribution is 2.42. The van der Waals surface area contributed by atoms with Gasteiger partial charge in [0, 0.05) is 18.7 Å². The molecule has 0 saturated carbocycles. The van der Waals surface area contributed by atoms with E-state index in [9.17, 15) is 19.8 Å². The Balaban J connectivity index is 2.20. The van der Waals surface area contributed by atoms with Gasteiger partial charge in [-0.3, -0.25) is 9.59 Å². The van der Waals surface area contributed by atoms with Crippen LogP contribution in [0.5, 0.6) is 17.2 Å². The molecular weight excluding hydrogens is 424 g/mol. The van der Waals surface area contributed by atoms with Crippen LogP contribution in [0.4, 0.5) is 0 Å². The van der Waals surface area contributed by atoms with Crippen LogP contribution in [0.3, 0.4) is 0 Å². The first kappa shape index (κ1) is 24.1. The highest BCUT2D eigenvalue weighted by molar-refractivity contribution is 6.46. The van der Waals surface area contributed by atoms with E-state index in [0.29, 0.717) is 35.6 Å². The average Bonchev–Trinajstić information content (AvgIpc) is 3.03. The largest absolute Gasteiger partial charge is 0.507 e. The zero-order chi connectivity index (χ0) is 24.3. The number of phenolic OH excluding ortho intramolecular Hbond substituents is 1. The van der Waals surface area contributed by atoms with Crippen molar-refractivity contribution in [2.75, 3.05) is 40.9 Å². The number of phenols is 1. The van der Waals surface area contributed by atoms with Gasteiger partial charge in [0.1, 0.15) is 11.5 Å². The fraction of sp³-hybridized carbons (Fsp3) is 0.360. The van der Waals surface area contributed by atoms with E-state index in [4.69, 9.17) is 9.47 Å². The van der Waals surface area contributed by atoms with Gasteiger partial charge in [0.15, 0.2) is 11.5 Å². The maximum Gasteiger partial charge on any atom is 0.295 e. The number of Topliss-reactive ketones (excluding diaryl/α,β-unsaturated/α-hetero) is 1. The van der Waals surface area contributed by atoms with E-state index in [2.05, 4.69) is 0 Å². The van der Waals surface area contributed by atoms with Crippen LogP contribution in [0.25, 0.3) is 5.76 Å². The molecule has 1 atom stereocenters. The van der Waals surface area contributed by atoms with Crippen molar-refractivity contribution in [1.29, 1.82) is 0 Å². The zero-order valence-electron chi connectivity index (χ0n) is 19.6. The summed E-state index contributed by atoms with van der Waals surface area (Å²) in [6.45, 7) is 4.74. The first-order valence-corrected chi connectivity index (χ1v) is 10.7. The molecule has 33 heavy (non-hydrogen) atoms. The van der Waals surface area contributed by atoms with Crippen molar-refractivity contribution >= 4 is 17.4 Å². The lowest BCUT2D eigenvalue weighted by atomic mass is 9.93. The van der Waals surface area contributed by atoms with E-state index < -0.39 is 17.7 Å². The number of carbonyl (C=O) groups excluding carboxylic acids is 2. The number of nitrogens with zero attached hydrogens (tertiary/aromatic N) is 2. The standard InChI is InChI=1S/C25H30N2O6/c1-6-33-20-14-16(7-10-19(20)28)22-21(24(30)25(31)27(22)12-11-26(3)4)23(29)18-9-8-17(32-5)13-15(18)2/h7-10,13-14,22,28-29H,6,11-12H2,1-5H3/b23-21+/t22-/m0/s1. The minimum absolute atomic E-state index is 0.000149. The summed E-state index contributed by atoms with van der Waals surface area (Å²) < 4.78 is 10.7. The molecule has 0 unspecified atom stereocenters. The number of hydrogen-bond acceptors (Lipinski definition) is 7. The molecule has 1 aliphatic rings. The number of benzene rings is 2. The Labute approximate surface area is 193 Å². The van der Waals surface area contributed by atoms with Gasteiger partial charge in [-0.1, -0.05) is 6.07 Å². The van der Waals surface area contributed by atoms with Gasteiger partial charge in [-0.15, -0.1) is 0 Å². The second kappa shape index (κ2) is 9.95. The van der Waals surface area contributed by atoms with Crippen LogP contribution in [0, 0.1) is 6.92 Å². The number of likely N-dealkylation sites (N-methyl/N-ethyl adjacent to an activating group) is 1. The molecule has 3 rings (SSSR count). The molecule has 0 aliphatic carbocycles. The Morgan fingerprint density at radius 1 is 1.15 bits per heavy atom. The third-order valence-electron chi connectivity index (χ3n) is 5.62. The van der Waals surface area contributed by atoms with Crippen molar-refractivity contribution in [2.45, 2.75) is 19.9 Å². The summed E-state index contributed by atoms with van der Waals surface area (Å²) in [7, 11) is 5.30. The van der Waals surface area contributed by atoms with Crippen molar-refractivity contribution in [3.63, 3.8) is 0 Å². The van der Waals surface area contributed by atoms with Crippen molar-refractivity contribution in [2.24, 2.45) is 0 Å². The molecule has 2 aromatic rings. The SMILES string of the molecule is CCOc1cc([C@H]2/C(=C(\O)c3ccc(OC)cc3C)C(=O)C(=O)N2CCN(C)C)ccc1O. The Morgan fingerprint density at radius 3 is 2.48 bits per heavy atom. The smallest absolute Gasteiger partial charge is 0.295 e. The number of ketones is 1. The first-order chi connectivity index (χ1) is 15.7. The number of aliphatic hydroxyl groups excluding tert-OH is 1. The Kier molecular flexibility index (Phi) is 7.28. The van der Waals surface area contributed by atoms with Gasteiger partial charge < -0.3 is 29.5 Å². The van der Waals surface area contributed by atoms with Crippen LogP contribution >= 0.6 is 0 Å². The number of aryl methyl sites for hydroxylation is 1. The third kappa shape index (κ3) is 4.80. The fourth-order valence-electron chi connectivity index (χ4n) is 3.91. The van der Waals surface area contributed by atoms with Gasteiger partial charge >= 0.3 is 0 Å². The number of likely N-dealkylation sites (tertiary alicyclic amines) is 1. The topological polar surface area (TPSA) is 99.5 Å². The summed E-state index contributed by atoms with van der Waals surface area (Å²) in [6.07, 6.45) is 0. The van der Waals surface area contributed by atoms with E-state index in [1.807, 2.05) is 19.0 Å². The lowest BCUT2D eigenvalue weighted by Gasteiger charge is -2.27. The third-order valence-corrected chi connectivity index (χ3v) is 5.62. The highest BCUT2D eigenvalue weighted by atomic mass is 16.5. The van der Waals surface area contributed by atoms with Crippen molar-refractivity contribution in [1.82, 2.24) is 9.80 Å². The summed E-state index contributed by atoms with van der Waals surface area (Å²) >= 11 is 0. The second-order valence-electron chi connectivity index (χ2n) is 8.14. The minimum Gasteiger partial charge on any atom is -0.507 e. The average molecular weight is 455 g/mol. The monoisotopic (exact) mass is 454 g/mol. The summed E-state index contributed by atoms with van der Waals surface area (Å²) in [5, 5.41) is 21.4. The van der Waals surface area contributed by atoms with Gasteiger partial charge in [-0.25, -0.2) is 0 Å². The van der Waals surface area contributed by atoms with Gasteiger partial charge in [0.05, 0.1) is 25.3 Å². The van der Waals surface area contributed by atoms with Crippen molar-refractivity contribution in [3.05, 3.63) is 58.7 Å². The molecule has 1 amide bonds. The number of amides is 1. The summed E-state index contributed by atoms with van der Waals surface area (Å²) in [6, 6.07) is 8.97. The Hall–Kier alpha value is -3.52. The number of hydrogen-bond donors (Lipinski definition) is 2. The molecule has 1 fully saturated rings. The Bertz CT molecular complexity index is 1090. The van der Waals surface area contributed by atoms with Crippen LogP contribution in [-0.4, -0.2) is 72.6 Å². The van der Waals surface area contributed by atoms with Gasteiger partial charge in [-0.2, -0.15) is 0 Å². The van der Waals surface area contributed by atoms with Crippen LogP contribution in [0.1, 0.15) is 29.7 Å². The summed E-state index contributed by atoms with van der Waals surface area (Å²) in [5.74, 6) is -0.868. The van der Waals surface area contributed by atoms with E-state index in [-0.39, 0.29) is 29.4 Å². The molecule has 2 N–H and O–H groups in total. The number of rotatable bonds is 8. The zero-order valence-corrected chi connectivity index (χ0v) is 19.6. The van der Waals surface area contributed by atoms with E-state index in [1.165, 1.54) is 11.0 Å². The van der Waals surface area contributed by atoms with Crippen LogP contribution in [-0.2, 0) is 9.59 Å². The van der Waals surface area contributed by atoms with E-state index >= 15 is 0 Å². The first-order valence-electron chi connectivity index (χ1n) is 10.7. The van der Waals surface area contributed by atoms with Gasteiger partial charge in [-0.05, 0) is 69.4 Å². The molecule has 8 nitrogen and oxygen atoms in total. The predicted molar refractivity (Wildman–Crippen MR) is 125 cm³/mol. The molecule has 2 aromatic carbocycles. The number of aliphatic hydroxyl groups is 1. The summed E-state index contributed by atoms with van der Waals surface area (Å²) in [4.78, 5) is 29.5. The van der Waals surface area contributed by atoms with Crippen LogP contribution in [0.15, 0.2) is 42.0 Å². The molecule has 0 aromatic heterocycles. The normalized spacial score (nSPS) is 17.6. The maximum absolute atomic E-state index is 13.1. The van der Waals surface area contributed by atoms with E-state index in [0.717, 1.165) is 0 Å². The Morgan fingerprint density at radius 2 is 1.88 bits per heavy atom. The molecule has 0 bridgehead atoms. The van der Waals surface area contributed by atoms with Crippen LogP contribution in [0.2, 0.25) is 0 Å². The predicted octanol–water partition coefficient (Wildman–Crippen LogP) is 3.09. The fourth-order valence-corrected chi connectivity index (χ4v) is 3.91. The molecular formula is C25H30N2O6. The van der Waals surface area contributed by atoms with Crippen molar-refractivity contribution < 1.29 is 29.3 Å². The van der Waals surface area contributed by atoms with Crippen LogP contribution < -0.4 is 9.47 Å². The number of ether oxygens (including phenoxy) is 2. The summed E-state index contributed by atoms with van der Waals surface area (Å²) in [5.41, 5.74) is 1.70. The molecule has 0 radical (unpaired) electrons. The highest BCUT2D eigenvalue weighted by Gasteiger charge is 2.46.